The Morgan fingerprint density at radius 1 is 1.21 bits per heavy atom. The summed E-state index contributed by atoms with van der Waals surface area (Å²) in [6, 6.07) is 0.157. The van der Waals surface area contributed by atoms with Gasteiger partial charge in [-0.15, -0.1) is 0 Å². The van der Waals surface area contributed by atoms with Crippen LogP contribution in [0.2, 0.25) is 0 Å². The third kappa shape index (κ3) is 7.74. The summed E-state index contributed by atoms with van der Waals surface area (Å²) in [7, 11) is 1.74. The molecule has 2 rings (SSSR count). The number of rotatable bonds is 8. The maximum atomic E-state index is 12.6. The zero-order chi connectivity index (χ0) is 21.2. The van der Waals surface area contributed by atoms with Gasteiger partial charge in [0.2, 0.25) is 5.91 Å². The molecule has 1 heterocycles. The molecule has 29 heavy (non-hydrogen) atoms. The van der Waals surface area contributed by atoms with E-state index in [1.54, 1.807) is 14.0 Å². The summed E-state index contributed by atoms with van der Waals surface area (Å²) in [4.78, 5) is 30.7. The highest BCUT2D eigenvalue weighted by Gasteiger charge is 2.32. The minimum atomic E-state index is -0.389. The largest absolute Gasteiger partial charge is 0.450 e. The molecule has 1 aliphatic heterocycles. The predicted molar refractivity (Wildman–Crippen MR) is 115 cm³/mol. The maximum absolute atomic E-state index is 12.6. The third-order valence-corrected chi connectivity index (χ3v) is 5.64. The lowest BCUT2D eigenvalue weighted by molar-refractivity contribution is -0.134. The topological polar surface area (TPSA) is 95.1 Å². The second-order valence-corrected chi connectivity index (χ2v) is 8.54. The molecule has 2 fully saturated rings. The van der Waals surface area contributed by atoms with Crippen LogP contribution in [0.3, 0.4) is 0 Å². The molecule has 0 spiro atoms. The number of aliphatic imine (C=N–C) groups is 1. The lowest BCUT2D eigenvalue weighted by atomic mass is 10.0. The van der Waals surface area contributed by atoms with Crippen LogP contribution in [0.15, 0.2) is 4.99 Å². The quantitative estimate of drug-likeness (QED) is 0.422. The molecule has 2 amide bonds. The molecule has 0 radical (unpaired) electrons. The first-order valence-electron chi connectivity index (χ1n) is 11.1. The van der Waals surface area contributed by atoms with E-state index in [2.05, 4.69) is 34.8 Å². The predicted octanol–water partition coefficient (Wildman–Crippen LogP) is 2.10. The molecular formula is C21H39N5O3. The van der Waals surface area contributed by atoms with Crippen molar-refractivity contribution in [3.63, 3.8) is 0 Å². The Balaban J connectivity index is 1.79. The molecule has 8 heteroatoms. The molecule has 2 aliphatic rings. The van der Waals surface area contributed by atoms with E-state index < -0.39 is 0 Å². The van der Waals surface area contributed by atoms with Gasteiger partial charge < -0.3 is 25.6 Å². The second kappa shape index (κ2) is 11.9. The van der Waals surface area contributed by atoms with E-state index in [-0.39, 0.29) is 24.1 Å². The first kappa shape index (κ1) is 23.3. The number of guanidine groups is 1. The smallest absolute Gasteiger partial charge is 0.407 e. The van der Waals surface area contributed by atoms with Crippen LogP contribution < -0.4 is 16.0 Å². The van der Waals surface area contributed by atoms with Gasteiger partial charge in [-0.05, 0) is 38.5 Å². The number of carbonyl (C=O) groups is 2. The van der Waals surface area contributed by atoms with Crippen molar-refractivity contribution in [3.05, 3.63) is 0 Å². The molecule has 166 valence electrons. The first-order valence-corrected chi connectivity index (χ1v) is 11.1. The number of nitrogens with zero attached hydrogens (tertiary/aromatic N) is 2. The Labute approximate surface area is 175 Å². The zero-order valence-electron chi connectivity index (χ0n) is 18.5. The number of likely N-dealkylation sites (tertiary alicyclic amines) is 1. The van der Waals surface area contributed by atoms with Crippen molar-refractivity contribution in [1.82, 2.24) is 20.9 Å². The van der Waals surface area contributed by atoms with Crippen molar-refractivity contribution in [2.24, 2.45) is 16.8 Å². The highest BCUT2D eigenvalue weighted by atomic mass is 16.5. The maximum Gasteiger partial charge on any atom is 0.407 e. The fourth-order valence-electron chi connectivity index (χ4n) is 4.22. The molecule has 2 unspecified atom stereocenters. The van der Waals surface area contributed by atoms with Crippen LogP contribution >= 0.6 is 0 Å². The Hall–Kier alpha value is -1.99. The summed E-state index contributed by atoms with van der Waals surface area (Å²) in [6.45, 7) is 8.51. The summed E-state index contributed by atoms with van der Waals surface area (Å²) >= 11 is 0. The van der Waals surface area contributed by atoms with Gasteiger partial charge >= 0.3 is 6.09 Å². The van der Waals surface area contributed by atoms with Crippen LogP contribution in [0.1, 0.15) is 59.3 Å². The van der Waals surface area contributed by atoms with Crippen LogP contribution in [0.5, 0.6) is 0 Å². The van der Waals surface area contributed by atoms with Crippen molar-refractivity contribution in [2.75, 3.05) is 33.3 Å². The van der Waals surface area contributed by atoms with Gasteiger partial charge in [0.25, 0.3) is 0 Å². The van der Waals surface area contributed by atoms with Gasteiger partial charge in [0, 0.05) is 44.7 Å². The fraction of sp³-hybridized carbons (Fsp3) is 0.857. The van der Waals surface area contributed by atoms with Crippen molar-refractivity contribution >= 4 is 18.0 Å². The lowest BCUT2D eigenvalue weighted by Gasteiger charge is -2.24. The van der Waals surface area contributed by atoms with E-state index in [0.29, 0.717) is 30.9 Å². The Kier molecular flexibility index (Phi) is 9.54. The van der Waals surface area contributed by atoms with E-state index in [4.69, 9.17) is 4.74 Å². The van der Waals surface area contributed by atoms with Crippen molar-refractivity contribution in [1.29, 1.82) is 0 Å². The highest BCUT2D eigenvalue weighted by molar-refractivity contribution is 5.81. The standard InChI is InChI=1S/C21H39N5O3/c1-5-29-21(28)25-18(12-15(2)3)13-23-20(22-4)24-17-10-11-26(14-17)19(27)16-8-6-7-9-16/h15-18H,5-14H2,1-4H3,(H,25,28)(H2,22,23,24). The number of hydrogen-bond donors (Lipinski definition) is 3. The lowest BCUT2D eigenvalue weighted by Crippen LogP contribution is -2.50. The summed E-state index contributed by atoms with van der Waals surface area (Å²) < 4.78 is 5.01. The number of ether oxygens (including phenoxy) is 1. The molecule has 2 atom stereocenters. The van der Waals surface area contributed by atoms with Crippen molar-refractivity contribution < 1.29 is 14.3 Å². The number of alkyl carbamates (subject to hydrolysis) is 1. The van der Waals surface area contributed by atoms with Crippen LogP contribution in [0, 0.1) is 11.8 Å². The highest BCUT2D eigenvalue weighted by Crippen LogP contribution is 2.27. The SMILES string of the molecule is CCOC(=O)NC(CNC(=NC)NC1CCN(C(=O)C2CCCC2)C1)CC(C)C. The number of amides is 2. The first-order chi connectivity index (χ1) is 13.9. The molecule has 0 bridgehead atoms. The van der Waals surface area contributed by atoms with Gasteiger partial charge in [0.15, 0.2) is 5.96 Å². The molecule has 1 aliphatic carbocycles. The average Bonchev–Trinajstić information content (AvgIpc) is 3.36. The molecule has 0 aromatic heterocycles. The number of hydrogen-bond acceptors (Lipinski definition) is 4. The van der Waals surface area contributed by atoms with Gasteiger partial charge in [0.05, 0.1) is 6.61 Å². The zero-order valence-corrected chi connectivity index (χ0v) is 18.5. The molecule has 0 aromatic carbocycles. The molecule has 8 nitrogen and oxygen atoms in total. The Morgan fingerprint density at radius 3 is 2.55 bits per heavy atom. The monoisotopic (exact) mass is 409 g/mol. The van der Waals surface area contributed by atoms with Gasteiger partial charge in [-0.2, -0.15) is 0 Å². The van der Waals surface area contributed by atoms with Gasteiger partial charge in [0.1, 0.15) is 0 Å². The third-order valence-electron chi connectivity index (χ3n) is 5.64. The van der Waals surface area contributed by atoms with Crippen LogP contribution in [0.4, 0.5) is 4.79 Å². The molecule has 3 N–H and O–H groups in total. The second-order valence-electron chi connectivity index (χ2n) is 8.54. The van der Waals surface area contributed by atoms with Gasteiger partial charge in [-0.1, -0.05) is 26.7 Å². The average molecular weight is 410 g/mol. The number of nitrogens with one attached hydrogen (secondary N) is 3. The van der Waals surface area contributed by atoms with E-state index >= 15 is 0 Å². The normalized spacial score (nSPS) is 21.3. The fourth-order valence-corrected chi connectivity index (χ4v) is 4.22. The van der Waals surface area contributed by atoms with E-state index in [1.807, 2.05) is 4.90 Å². The summed E-state index contributed by atoms with van der Waals surface area (Å²) in [6.07, 6.45) is 5.83. The van der Waals surface area contributed by atoms with Crippen LogP contribution in [-0.2, 0) is 9.53 Å². The van der Waals surface area contributed by atoms with E-state index in [0.717, 1.165) is 38.8 Å². The van der Waals surface area contributed by atoms with Gasteiger partial charge in [-0.3, -0.25) is 9.79 Å². The summed E-state index contributed by atoms with van der Waals surface area (Å²) in [5.41, 5.74) is 0. The van der Waals surface area contributed by atoms with Gasteiger partial charge in [-0.25, -0.2) is 4.79 Å². The minimum absolute atomic E-state index is 0.0448. The van der Waals surface area contributed by atoms with E-state index in [9.17, 15) is 9.59 Å². The van der Waals surface area contributed by atoms with Crippen LogP contribution in [0.25, 0.3) is 0 Å². The molecule has 1 saturated carbocycles. The van der Waals surface area contributed by atoms with Crippen molar-refractivity contribution in [3.8, 4) is 0 Å². The summed E-state index contributed by atoms with van der Waals surface area (Å²) in [5.74, 6) is 1.70. The molecule has 0 aromatic rings. The Bertz CT molecular complexity index is 561. The minimum Gasteiger partial charge on any atom is -0.450 e. The number of carbonyl (C=O) groups excluding carboxylic acids is 2. The van der Waals surface area contributed by atoms with E-state index in [1.165, 1.54) is 12.8 Å². The Morgan fingerprint density at radius 2 is 1.93 bits per heavy atom. The van der Waals surface area contributed by atoms with Crippen LogP contribution in [-0.4, -0.2) is 68.2 Å². The van der Waals surface area contributed by atoms with Crippen molar-refractivity contribution in [2.45, 2.75) is 71.4 Å². The summed E-state index contributed by atoms with van der Waals surface area (Å²) in [5, 5.41) is 9.66. The molecular weight excluding hydrogens is 370 g/mol. The molecule has 1 saturated heterocycles.